The Morgan fingerprint density at radius 2 is 2.05 bits per heavy atom. The van der Waals surface area contributed by atoms with Gasteiger partial charge in [0.1, 0.15) is 5.75 Å². The normalized spacial score (nSPS) is 18.6. The number of carboxylic acids is 1. The van der Waals surface area contributed by atoms with Crippen LogP contribution >= 0.6 is 12.2 Å². The quantitative estimate of drug-likeness (QED) is 0.730. The average molecular weight is 294 g/mol. The van der Waals surface area contributed by atoms with E-state index in [2.05, 4.69) is 4.90 Å². The molecule has 1 aromatic carbocycles. The predicted molar refractivity (Wildman–Crippen MR) is 79.6 cm³/mol. The molecule has 1 saturated heterocycles. The zero-order valence-corrected chi connectivity index (χ0v) is 11.8. The van der Waals surface area contributed by atoms with Crippen LogP contribution in [0.15, 0.2) is 24.3 Å². The molecule has 0 aromatic heterocycles. The summed E-state index contributed by atoms with van der Waals surface area (Å²) in [6.07, 6.45) is 1.18. The number of carboxylic acid groups (broad SMARTS) is 1. The van der Waals surface area contributed by atoms with Crippen molar-refractivity contribution in [1.82, 2.24) is 4.90 Å². The molecule has 1 heterocycles. The third-order valence-corrected chi connectivity index (χ3v) is 3.92. The lowest BCUT2D eigenvalue weighted by Crippen LogP contribution is -2.43. The summed E-state index contributed by atoms with van der Waals surface area (Å²) in [5.74, 6) is -0.861. The van der Waals surface area contributed by atoms with E-state index in [9.17, 15) is 9.90 Å². The number of carbonyl (C=O) groups is 1. The van der Waals surface area contributed by atoms with E-state index >= 15 is 0 Å². The van der Waals surface area contributed by atoms with E-state index in [1.165, 1.54) is 0 Å². The molecule has 0 aliphatic carbocycles. The van der Waals surface area contributed by atoms with Crippen LogP contribution in [0.3, 0.4) is 0 Å². The summed E-state index contributed by atoms with van der Waals surface area (Å²) >= 11 is 5.14. The van der Waals surface area contributed by atoms with E-state index in [-0.39, 0.29) is 17.7 Å². The molecule has 1 unspecified atom stereocenters. The zero-order valence-electron chi connectivity index (χ0n) is 11.0. The Labute approximate surface area is 123 Å². The first-order valence-corrected chi connectivity index (χ1v) is 6.95. The topological polar surface area (TPSA) is 86.8 Å². The molecule has 20 heavy (non-hydrogen) atoms. The lowest BCUT2D eigenvalue weighted by Gasteiger charge is -2.36. The van der Waals surface area contributed by atoms with Crippen molar-refractivity contribution in [1.29, 1.82) is 0 Å². The van der Waals surface area contributed by atoms with E-state index in [1.807, 2.05) is 6.07 Å². The van der Waals surface area contributed by atoms with E-state index in [0.29, 0.717) is 30.9 Å². The molecule has 1 aliphatic heterocycles. The summed E-state index contributed by atoms with van der Waals surface area (Å²) < 4.78 is 0. The van der Waals surface area contributed by atoms with Crippen LogP contribution in [0, 0.1) is 5.92 Å². The van der Waals surface area contributed by atoms with Gasteiger partial charge in [-0.05, 0) is 43.6 Å². The van der Waals surface area contributed by atoms with Gasteiger partial charge in [-0.3, -0.25) is 9.69 Å². The SMILES string of the molecule is NC(=S)C(c1cccc(O)c1)N1CCC(C(=O)O)CC1. The highest BCUT2D eigenvalue weighted by Gasteiger charge is 2.30. The number of nitrogens with two attached hydrogens (primary N) is 1. The highest BCUT2D eigenvalue weighted by atomic mass is 32.1. The fourth-order valence-electron chi connectivity index (χ4n) is 2.65. The first-order chi connectivity index (χ1) is 9.49. The number of benzene rings is 1. The van der Waals surface area contributed by atoms with Gasteiger partial charge in [0, 0.05) is 0 Å². The Hall–Kier alpha value is -1.66. The summed E-state index contributed by atoms with van der Waals surface area (Å²) in [4.78, 5) is 13.4. The van der Waals surface area contributed by atoms with Crippen molar-refractivity contribution in [2.75, 3.05) is 13.1 Å². The van der Waals surface area contributed by atoms with Gasteiger partial charge in [-0.1, -0.05) is 24.4 Å². The summed E-state index contributed by atoms with van der Waals surface area (Å²) in [5.41, 5.74) is 6.68. The van der Waals surface area contributed by atoms with E-state index in [1.54, 1.807) is 18.2 Å². The second-order valence-electron chi connectivity index (χ2n) is 5.05. The Morgan fingerprint density at radius 3 is 2.55 bits per heavy atom. The van der Waals surface area contributed by atoms with Crippen LogP contribution < -0.4 is 5.73 Å². The maximum absolute atomic E-state index is 11.0. The minimum Gasteiger partial charge on any atom is -0.508 e. The lowest BCUT2D eigenvalue weighted by molar-refractivity contribution is -0.143. The number of aliphatic carboxylic acids is 1. The maximum Gasteiger partial charge on any atom is 0.306 e. The number of likely N-dealkylation sites (tertiary alicyclic amines) is 1. The zero-order chi connectivity index (χ0) is 14.7. The number of phenols is 1. The Morgan fingerprint density at radius 1 is 1.40 bits per heavy atom. The number of hydrogen-bond acceptors (Lipinski definition) is 4. The van der Waals surface area contributed by atoms with Crippen LogP contribution in [-0.2, 0) is 4.79 Å². The van der Waals surface area contributed by atoms with Crippen LogP contribution in [0.4, 0.5) is 0 Å². The number of rotatable bonds is 4. The second kappa shape index (κ2) is 6.19. The van der Waals surface area contributed by atoms with Gasteiger partial charge in [0.2, 0.25) is 0 Å². The fourth-order valence-corrected chi connectivity index (χ4v) is 2.94. The van der Waals surface area contributed by atoms with Gasteiger partial charge in [-0.15, -0.1) is 0 Å². The monoisotopic (exact) mass is 294 g/mol. The average Bonchev–Trinajstić information content (AvgIpc) is 2.39. The first-order valence-electron chi connectivity index (χ1n) is 6.54. The van der Waals surface area contributed by atoms with Gasteiger partial charge in [0.25, 0.3) is 0 Å². The number of hydrogen-bond donors (Lipinski definition) is 3. The first kappa shape index (κ1) is 14.7. The van der Waals surface area contributed by atoms with Crippen LogP contribution in [0.1, 0.15) is 24.4 Å². The molecule has 6 heteroatoms. The molecule has 1 atom stereocenters. The third-order valence-electron chi connectivity index (χ3n) is 3.70. The summed E-state index contributed by atoms with van der Waals surface area (Å²) in [6, 6.07) is 6.60. The number of nitrogens with zero attached hydrogens (tertiary/aromatic N) is 1. The summed E-state index contributed by atoms with van der Waals surface area (Å²) in [7, 11) is 0. The van der Waals surface area contributed by atoms with Crippen molar-refractivity contribution in [3.05, 3.63) is 29.8 Å². The van der Waals surface area contributed by atoms with Crippen LogP contribution in [0.5, 0.6) is 5.75 Å². The van der Waals surface area contributed by atoms with E-state index in [4.69, 9.17) is 23.1 Å². The van der Waals surface area contributed by atoms with Crippen molar-refractivity contribution in [3.8, 4) is 5.75 Å². The van der Waals surface area contributed by atoms with Crippen molar-refractivity contribution in [2.45, 2.75) is 18.9 Å². The summed E-state index contributed by atoms with van der Waals surface area (Å²) in [6.45, 7) is 1.27. The van der Waals surface area contributed by atoms with Crippen molar-refractivity contribution in [2.24, 2.45) is 11.7 Å². The summed E-state index contributed by atoms with van der Waals surface area (Å²) in [5, 5.41) is 18.6. The van der Waals surface area contributed by atoms with E-state index in [0.717, 1.165) is 5.56 Å². The van der Waals surface area contributed by atoms with Crippen molar-refractivity contribution in [3.63, 3.8) is 0 Å². The van der Waals surface area contributed by atoms with Gasteiger partial charge in [0.15, 0.2) is 0 Å². The Balaban J connectivity index is 2.15. The molecule has 0 amide bonds. The highest BCUT2D eigenvalue weighted by molar-refractivity contribution is 7.80. The largest absolute Gasteiger partial charge is 0.508 e. The fraction of sp³-hybridized carbons (Fsp3) is 0.429. The molecule has 0 spiro atoms. The molecule has 0 saturated carbocycles. The maximum atomic E-state index is 11.0. The molecule has 1 aromatic rings. The smallest absolute Gasteiger partial charge is 0.306 e. The van der Waals surface area contributed by atoms with Gasteiger partial charge < -0.3 is 15.9 Å². The standard InChI is InChI=1S/C14H18N2O3S/c15-13(20)12(10-2-1-3-11(17)8-10)16-6-4-9(5-7-16)14(18)19/h1-3,8-9,12,17H,4-7H2,(H2,15,20)(H,18,19). The number of phenolic OH excluding ortho intramolecular Hbond substituents is 1. The molecular weight excluding hydrogens is 276 g/mol. The molecular formula is C14H18N2O3S. The van der Waals surface area contributed by atoms with Crippen molar-refractivity contribution >= 4 is 23.2 Å². The van der Waals surface area contributed by atoms with Gasteiger partial charge in [-0.2, -0.15) is 0 Å². The van der Waals surface area contributed by atoms with Gasteiger partial charge in [-0.25, -0.2) is 0 Å². The lowest BCUT2D eigenvalue weighted by atomic mass is 9.94. The van der Waals surface area contributed by atoms with Gasteiger partial charge >= 0.3 is 5.97 Å². The predicted octanol–water partition coefficient (Wildman–Crippen LogP) is 1.52. The van der Waals surface area contributed by atoms with E-state index < -0.39 is 5.97 Å². The Kier molecular flexibility index (Phi) is 4.57. The highest BCUT2D eigenvalue weighted by Crippen LogP contribution is 2.29. The number of aromatic hydroxyl groups is 1. The van der Waals surface area contributed by atoms with Gasteiger partial charge in [0.05, 0.1) is 16.9 Å². The molecule has 2 rings (SSSR count). The molecule has 108 valence electrons. The second-order valence-corrected chi connectivity index (χ2v) is 5.52. The number of piperidine rings is 1. The molecule has 1 aliphatic rings. The minimum atomic E-state index is -0.742. The number of thiocarbonyl (C=S) groups is 1. The third kappa shape index (κ3) is 3.26. The van der Waals surface area contributed by atoms with Crippen LogP contribution in [-0.4, -0.2) is 39.2 Å². The van der Waals surface area contributed by atoms with Crippen LogP contribution in [0.2, 0.25) is 0 Å². The molecule has 0 radical (unpaired) electrons. The molecule has 1 fully saturated rings. The Bertz CT molecular complexity index is 513. The van der Waals surface area contributed by atoms with Crippen LogP contribution in [0.25, 0.3) is 0 Å². The molecule has 5 nitrogen and oxygen atoms in total. The minimum absolute atomic E-state index is 0.171. The molecule has 0 bridgehead atoms. The van der Waals surface area contributed by atoms with Crippen molar-refractivity contribution < 1.29 is 15.0 Å². The molecule has 4 N–H and O–H groups in total.